The Balaban J connectivity index is 2.05. The van der Waals surface area contributed by atoms with E-state index in [-0.39, 0.29) is 11.6 Å². The first-order valence-corrected chi connectivity index (χ1v) is 10.2. The number of aromatic nitrogens is 2. The summed E-state index contributed by atoms with van der Waals surface area (Å²) >= 11 is 5.90. The molecule has 1 aromatic heterocycles. The van der Waals surface area contributed by atoms with Gasteiger partial charge in [0.1, 0.15) is 11.7 Å². The predicted molar refractivity (Wildman–Crippen MR) is 122 cm³/mol. The average molecular weight is 439 g/mol. The topological polar surface area (TPSA) is 93.1 Å². The summed E-state index contributed by atoms with van der Waals surface area (Å²) in [7, 11) is 0. The van der Waals surface area contributed by atoms with E-state index in [0.717, 1.165) is 15.8 Å². The normalized spacial score (nSPS) is 11.6. The molecule has 0 aliphatic carbocycles. The molecule has 2 aromatic carbocycles. The quantitative estimate of drug-likeness (QED) is 0.595. The summed E-state index contributed by atoms with van der Waals surface area (Å²) in [5.74, 6) is -0.780. The fourth-order valence-corrected chi connectivity index (χ4v) is 3.22. The van der Waals surface area contributed by atoms with Crippen LogP contribution in [-0.2, 0) is 9.59 Å². The highest BCUT2D eigenvalue weighted by molar-refractivity contribution is 6.30. The highest BCUT2D eigenvalue weighted by atomic mass is 35.5. The summed E-state index contributed by atoms with van der Waals surface area (Å²) in [4.78, 5) is 37.6. The Bertz CT molecular complexity index is 1150. The van der Waals surface area contributed by atoms with Crippen molar-refractivity contribution in [3.05, 3.63) is 75.5 Å². The Morgan fingerprint density at radius 1 is 1.06 bits per heavy atom. The summed E-state index contributed by atoms with van der Waals surface area (Å²) in [5.41, 5.74) is 2.38. The van der Waals surface area contributed by atoms with Crippen LogP contribution < -0.4 is 16.2 Å². The Morgan fingerprint density at radius 3 is 2.29 bits per heavy atom. The van der Waals surface area contributed by atoms with E-state index >= 15 is 0 Å². The third-order valence-corrected chi connectivity index (χ3v) is 4.94. The first kappa shape index (κ1) is 22.2. The van der Waals surface area contributed by atoms with Gasteiger partial charge in [-0.2, -0.15) is 5.10 Å². The van der Waals surface area contributed by atoms with E-state index < -0.39 is 17.5 Å². The molecule has 3 rings (SSSR count). The molecule has 2 N–H and O–H groups in total. The fraction of sp³-hybridized carbons (Fsp3) is 0.217. The minimum Gasteiger partial charge on any atom is -0.324 e. The van der Waals surface area contributed by atoms with E-state index in [0.29, 0.717) is 22.8 Å². The van der Waals surface area contributed by atoms with Crippen LogP contribution in [0.15, 0.2) is 59.4 Å². The summed E-state index contributed by atoms with van der Waals surface area (Å²) in [6.45, 7) is 5.08. The van der Waals surface area contributed by atoms with Gasteiger partial charge in [-0.25, -0.2) is 4.68 Å². The summed E-state index contributed by atoms with van der Waals surface area (Å²) in [6.07, 6.45) is 0.323. The molecule has 1 heterocycles. The average Bonchev–Trinajstić information content (AvgIpc) is 2.73. The van der Waals surface area contributed by atoms with Gasteiger partial charge in [-0.15, -0.1) is 0 Å². The van der Waals surface area contributed by atoms with Gasteiger partial charge in [-0.1, -0.05) is 48.4 Å². The summed E-state index contributed by atoms with van der Waals surface area (Å²) < 4.78 is 1.13. The number of amides is 2. The summed E-state index contributed by atoms with van der Waals surface area (Å²) in [6, 6.07) is 14.9. The number of anilines is 2. The number of aryl methyl sites for hydroxylation is 1. The zero-order valence-corrected chi connectivity index (χ0v) is 18.2. The van der Waals surface area contributed by atoms with Crippen LogP contribution in [0.4, 0.5) is 11.4 Å². The lowest BCUT2D eigenvalue weighted by Crippen LogP contribution is -2.36. The van der Waals surface area contributed by atoms with Crippen molar-refractivity contribution in [2.24, 2.45) is 0 Å². The first-order valence-electron chi connectivity index (χ1n) is 9.83. The number of rotatable bonds is 6. The number of carbonyl (C=O) groups is 2. The van der Waals surface area contributed by atoms with Crippen molar-refractivity contribution in [3.8, 4) is 11.3 Å². The third-order valence-electron chi connectivity index (χ3n) is 4.69. The van der Waals surface area contributed by atoms with Crippen LogP contribution in [0.25, 0.3) is 11.3 Å². The van der Waals surface area contributed by atoms with Crippen LogP contribution in [0.5, 0.6) is 0 Å². The molecule has 0 bridgehead atoms. The number of hydrogen-bond acceptors (Lipinski definition) is 4. The lowest BCUT2D eigenvalue weighted by Gasteiger charge is -2.19. The fourth-order valence-electron chi connectivity index (χ4n) is 3.10. The highest BCUT2D eigenvalue weighted by Crippen LogP contribution is 2.22. The van der Waals surface area contributed by atoms with Crippen molar-refractivity contribution >= 4 is 34.8 Å². The zero-order chi connectivity index (χ0) is 22.5. The second-order valence-corrected chi connectivity index (χ2v) is 7.60. The van der Waals surface area contributed by atoms with Crippen LogP contribution in [-0.4, -0.2) is 21.6 Å². The molecule has 160 valence electrons. The van der Waals surface area contributed by atoms with Gasteiger partial charge in [0, 0.05) is 23.2 Å². The molecule has 0 spiro atoms. The number of nitrogens with one attached hydrogen (secondary N) is 2. The molecule has 0 saturated heterocycles. The molecule has 0 aliphatic rings. The van der Waals surface area contributed by atoms with Gasteiger partial charge < -0.3 is 10.6 Å². The van der Waals surface area contributed by atoms with E-state index in [1.165, 1.54) is 13.0 Å². The Morgan fingerprint density at radius 2 is 1.71 bits per heavy atom. The maximum Gasteiger partial charge on any atom is 0.291 e. The van der Waals surface area contributed by atoms with E-state index in [4.69, 9.17) is 11.6 Å². The second kappa shape index (κ2) is 9.57. The Hall–Kier alpha value is -3.45. The number of nitrogens with zero attached hydrogens (tertiary/aromatic N) is 2. The van der Waals surface area contributed by atoms with E-state index in [1.54, 1.807) is 31.2 Å². The Kier molecular flexibility index (Phi) is 6.87. The molecule has 0 unspecified atom stereocenters. The highest BCUT2D eigenvalue weighted by Gasteiger charge is 2.24. The molecular weight excluding hydrogens is 416 g/mol. The van der Waals surface area contributed by atoms with Crippen LogP contribution >= 0.6 is 11.6 Å². The number of carbonyl (C=O) groups excluding carboxylic acids is 2. The predicted octanol–water partition coefficient (Wildman–Crippen LogP) is 4.42. The number of halogens is 1. The molecule has 8 heteroatoms. The molecular formula is C23H23ClN4O3. The molecule has 0 radical (unpaired) electrons. The lowest BCUT2D eigenvalue weighted by atomic mass is 10.1. The van der Waals surface area contributed by atoms with Crippen molar-refractivity contribution in [1.29, 1.82) is 0 Å². The van der Waals surface area contributed by atoms with Gasteiger partial charge in [0.05, 0.1) is 5.69 Å². The standard InChI is InChI=1S/C23H23ClN4O3/c1-4-21(22(30)26-18-11-9-17(24)10-12-18)28-23(31)20(25-15(3)29)13-19(27-28)16-7-5-14(2)6-8-16/h5-13,21H,4H2,1-3H3,(H,25,29)(H,26,30)/t21-/m0/s1. The van der Waals surface area contributed by atoms with E-state index in [2.05, 4.69) is 15.7 Å². The molecule has 0 fully saturated rings. The smallest absolute Gasteiger partial charge is 0.291 e. The molecule has 31 heavy (non-hydrogen) atoms. The molecule has 1 atom stereocenters. The summed E-state index contributed by atoms with van der Waals surface area (Å²) in [5, 5.41) is 10.3. The maximum atomic E-state index is 13.0. The van der Waals surface area contributed by atoms with Crippen molar-refractivity contribution in [1.82, 2.24) is 9.78 Å². The zero-order valence-electron chi connectivity index (χ0n) is 17.5. The van der Waals surface area contributed by atoms with Gasteiger partial charge in [-0.3, -0.25) is 14.4 Å². The van der Waals surface area contributed by atoms with Gasteiger partial charge in [0.2, 0.25) is 11.8 Å². The van der Waals surface area contributed by atoms with Crippen molar-refractivity contribution < 1.29 is 9.59 Å². The molecule has 2 amide bonds. The molecule has 7 nitrogen and oxygen atoms in total. The maximum absolute atomic E-state index is 13.0. The van der Waals surface area contributed by atoms with E-state index in [1.807, 2.05) is 31.2 Å². The van der Waals surface area contributed by atoms with Gasteiger partial charge in [0.25, 0.3) is 5.56 Å². The SMILES string of the molecule is CC[C@@H](C(=O)Nc1ccc(Cl)cc1)n1nc(-c2ccc(C)cc2)cc(NC(C)=O)c1=O. The van der Waals surface area contributed by atoms with Gasteiger partial charge in [0.15, 0.2) is 0 Å². The van der Waals surface area contributed by atoms with Crippen molar-refractivity contribution in [2.45, 2.75) is 33.2 Å². The molecule has 3 aromatic rings. The third kappa shape index (κ3) is 5.38. The minimum atomic E-state index is -0.874. The number of benzene rings is 2. The molecule has 0 aliphatic heterocycles. The molecule has 0 saturated carbocycles. The van der Waals surface area contributed by atoms with Crippen LogP contribution in [0.2, 0.25) is 5.02 Å². The van der Waals surface area contributed by atoms with Crippen LogP contribution in [0.3, 0.4) is 0 Å². The van der Waals surface area contributed by atoms with Crippen LogP contribution in [0.1, 0.15) is 31.9 Å². The van der Waals surface area contributed by atoms with E-state index in [9.17, 15) is 14.4 Å². The van der Waals surface area contributed by atoms with Crippen molar-refractivity contribution in [2.75, 3.05) is 10.6 Å². The largest absolute Gasteiger partial charge is 0.324 e. The van der Waals surface area contributed by atoms with Crippen LogP contribution in [0, 0.1) is 6.92 Å². The lowest BCUT2D eigenvalue weighted by molar-refractivity contribution is -0.119. The Labute approximate surface area is 185 Å². The first-order chi connectivity index (χ1) is 14.8. The monoisotopic (exact) mass is 438 g/mol. The number of hydrogen-bond donors (Lipinski definition) is 2. The van der Waals surface area contributed by atoms with Gasteiger partial charge in [-0.05, 0) is 43.7 Å². The minimum absolute atomic E-state index is 0.0656. The second-order valence-electron chi connectivity index (χ2n) is 7.16. The van der Waals surface area contributed by atoms with Gasteiger partial charge >= 0.3 is 0 Å². The van der Waals surface area contributed by atoms with Crippen molar-refractivity contribution in [3.63, 3.8) is 0 Å².